The molecule has 0 unspecified atom stereocenters. The number of nitrogens with one attached hydrogen (secondary N) is 2. The third-order valence-electron chi connectivity index (χ3n) is 2.64. The number of nitrogens with two attached hydrogens (primary N) is 1. The van der Waals surface area contributed by atoms with Crippen molar-refractivity contribution in [2.75, 3.05) is 5.43 Å². The molecule has 0 radical (unpaired) electrons. The summed E-state index contributed by atoms with van der Waals surface area (Å²) in [5.41, 5.74) is 3.86. The zero-order chi connectivity index (χ0) is 13.0. The number of hydrogen-bond donors (Lipinski definition) is 3. The van der Waals surface area contributed by atoms with Crippen LogP contribution in [-0.4, -0.2) is 15.5 Å². The van der Waals surface area contributed by atoms with E-state index in [1.807, 2.05) is 17.8 Å². The fourth-order valence-corrected chi connectivity index (χ4v) is 1.55. The number of carbonyl (C=O) groups excluding carboxylic acids is 1. The summed E-state index contributed by atoms with van der Waals surface area (Å²) in [5, 5.41) is 2.81. The van der Waals surface area contributed by atoms with Gasteiger partial charge in [-0.3, -0.25) is 10.6 Å². The second-order valence-electron chi connectivity index (χ2n) is 3.86. The minimum atomic E-state index is -0.137. The summed E-state index contributed by atoms with van der Waals surface area (Å²) in [4.78, 5) is 16.0. The molecule has 4 N–H and O–H groups in total. The van der Waals surface area contributed by atoms with Gasteiger partial charge in [0.1, 0.15) is 5.82 Å². The molecule has 6 heteroatoms. The summed E-state index contributed by atoms with van der Waals surface area (Å²) < 4.78 is 1.86. The number of rotatable bonds is 4. The molecule has 6 nitrogen and oxygen atoms in total. The van der Waals surface area contributed by atoms with Crippen molar-refractivity contribution in [3.8, 4) is 0 Å². The number of amides is 1. The summed E-state index contributed by atoms with van der Waals surface area (Å²) >= 11 is 0. The quantitative estimate of drug-likeness (QED) is 0.545. The van der Waals surface area contributed by atoms with Gasteiger partial charge in [-0.25, -0.2) is 4.98 Å². The number of hydrogen-bond acceptors (Lipinski definition) is 4. The maximum absolute atomic E-state index is 11.9. The number of imidazole rings is 1. The Labute approximate surface area is 105 Å². The molecule has 0 spiro atoms. The average molecular weight is 245 g/mol. The van der Waals surface area contributed by atoms with Crippen LogP contribution >= 0.6 is 0 Å². The molecule has 0 saturated heterocycles. The van der Waals surface area contributed by atoms with Crippen LogP contribution < -0.4 is 16.6 Å². The van der Waals surface area contributed by atoms with Gasteiger partial charge in [-0.05, 0) is 24.3 Å². The van der Waals surface area contributed by atoms with E-state index in [4.69, 9.17) is 5.84 Å². The average Bonchev–Trinajstić information content (AvgIpc) is 2.81. The fraction of sp³-hybridized carbons (Fsp3) is 0.167. The smallest absolute Gasteiger partial charge is 0.251 e. The molecular weight excluding hydrogens is 230 g/mol. The van der Waals surface area contributed by atoms with Crippen molar-refractivity contribution in [2.45, 2.75) is 6.54 Å². The first kappa shape index (κ1) is 12.1. The summed E-state index contributed by atoms with van der Waals surface area (Å²) in [6.45, 7) is 0.402. The molecule has 1 heterocycles. The van der Waals surface area contributed by atoms with E-state index < -0.39 is 0 Å². The van der Waals surface area contributed by atoms with Gasteiger partial charge in [0, 0.05) is 30.7 Å². The van der Waals surface area contributed by atoms with Crippen molar-refractivity contribution in [1.29, 1.82) is 0 Å². The highest BCUT2D eigenvalue weighted by molar-refractivity contribution is 5.94. The van der Waals surface area contributed by atoms with Crippen LogP contribution in [0.2, 0.25) is 0 Å². The number of carbonyl (C=O) groups is 1. The number of aromatic nitrogens is 2. The highest BCUT2D eigenvalue weighted by Crippen LogP contribution is 2.07. The molecular formula is C12H15N5O. The van der Waals surface area contributed by atoms with Crippen molar-refractivity contribution in [3.63, 3.8) is 0 Å². The molecule has 0 bridgehead atoms. The first-order valence-electron chi connectivity index (χ1n) is 5.52. The molecule has 0 atom stereocenters. The number of aryl methyl sites for hydroxylation is 1. The van der Waals surface area contributed by atoms with E-state index in [-0.39, 0.29) is 5.91 Å². The number of nitrogen functional groups attached to an aromatic ring is 1. The summed E-state index contributed by atoms with van der Waals surface area (Å²) in [5.74, 6) is 5.93. The fourth-order valence-electron chi connectivity index (χ4n) is 1.55. The minimum Gasteiger partial charge on any atom is -0.345 e. The van der Waals surface area contributed by atoms with Crippen LogP contribution in [0, 0.1) is 0 Å². The lowest BCUT2D eigenvalue weighted by Crippen LogP contribution is -2.24. The molecule has 0 fully saturated rings. The largest absolute Gasteiger partial charge is 0.345 e. The first-order valence-corrected chi connectivity index (χ1v) is 5.52. The topological polar surface area (TPSA) is 85.0 Å². The van der Waals surface area contributed by atoms with Crippen LogP contribution in [-0.2, 0) is 13.6 Å². The Morgan fingerprint density at radius 3 is 2.67 bits per heavy atom. The Kier molecular flexibility index (Phi) is 3.59. The maximum Gasteiger partial charge on any atom is 0.251 e. The maximum atomic E-state index is 11.9. The second kappa shape index (κ2) is 5.33. The lowest BCUT2D eigenvalue weighted by atomic mass is 10.2. The van der Waals surface area contributed by atoms with Gasteiger partial charge in [0.2, 0.25) is 0 Å². The second-order valence-corrected chi connectivity index (χ2v) is 3.86. The van der Waals surface area contributed by atoms with Gasteiger partial charge in [0.15, 0.2) is 0 Å². The van der Waals surface area contributed by atoms with Crippen LogP contribution in [0.4, 0.5) is 5.69 Å². The number of nitrogens with zero attached hydrogens (tertiary/aromatic N) is 2. The zero-order valence-corrected chi connectivity index (χ0v) is 10.1. The van der Waals surface area contributed by atoms with Crippen molar-refractivity contribution in [1.82, 2.24) is 14.9 Å². The standard InChI is InChI=1S/C12H15N5O/c1-17-7-6-14-11(17)8-15-12(18)9-2-4-10(16-13)5-3-9/h2-7,16H,8,13H2,1H3,(H,15,18). The lowest BCUT2D eigenvalue weighted by molar-refractivity contribution is 0.0949. The van der Waals surface area contributed by atoms with Crippen LogP contribution in [0.25, 0.3) is 0 Å². The van der Waals surface area contributed by atoms with Crippen molar-refractivity contribution in [2.24, 2.45) is 12.9 Å². The zero-order valence-electron chi connectivity index (χ0n) is 10.1. The van der Waals surface area contributed by atoms with Crippen LogP contribution in [0.15, 0.2) is 36.7 Å². The molecule has 0 aliphatic carbocycles. The Morgan fingerprint density at radius 1 is 1.39 bits per heavy atom. The Balaban J connectivity index is 1.97. The Bertz CT molecular complexity index is 532. The van der Waals surface area contributed by atoms with Crippen molar-refractivity contribution in [3.05, 3.63) is 48.0 Å². The number of hydrazine groups is 1. The van der Waals surface area contributed by atoms with Gasteiger partial charge >= 0.3 is 0 Å². The van der Waals surface area contributed by atoms with E-state index in [9.17, 15) is 4.79 Å². The van der Waals surface area contributed by atoms with Gasteiger partial charge in [0.25, 0.3) is 5.91 Å². The van der Waals surface area contributed by atoms with Crippen molar-refractivity contribution < 1.29 is 4.79 Å². The minimum absolute atomic E-state index is 0.137. The van der Waals surface area contributed by atoms with Gasteiger partial charge in [0.05, 0.1) is 6.54 Å². The normalized spacial score (nSPS) is 10.1. The molecule has 1 aromatic heterocycles. The summed E-state index contributed by atoms with van der Waals surface area (Å²) in [7, 11) is 1.89. The molecule has 18 heavy (non-hydrogen) atoms. The van der Waals surface area contributed by atoms with Gasteiger partial charge in [-0.15, -0.1) is 0 Å². The Hall–Kier alpha value is -2.34. The van der Waals surface area contributed by atoms with Gasteiger partial charge < -0.3 is 15.3 Å². The van der Waals surface area contributed by atoms with Crippen LogP contribution in [0.3, 0.4) is 0 Å². The molecule has 94 valence electrons. The van der Waals surface area contributed by atoms with Crippen LogP contribution in [0.5, 0.6) is 0 Å². The van der Waals surface area contributed by atoms with Gasteiger partial charge in [-0.2, -0.15) is 0 Å². The number of benzene rings is 1. The van der Waals surface area contributed by atoms with Gasteiger partial charge in [-0.1, -0.05) is 0 Å². The predicted octanol–water partition coefficient (Wildman–Crippen LogP) is 0.636. The SMILES string of the molecule is Cn1ccnc1CNC(=O)c1ccc(NN)cc1. The van der Waals surface area contributed by atoms with E-state index in [1.54, 1.807) is 30.5 Å². The predicted molar refractivity (Wildman–Crippen MR) is 68.6 cm³/mol. The summed E-state index contributed by atoms with van der Waals surface area (Å²) in [6, 6.07) is 6.91. The first-order chi connectivity index (χ1) is 8.70. The molecule has 0 aliphatic heterocycles. The molecule has 2 aromatic rings. The molecule has 1 amide bonds. The highest BCUT2D eigenvalue weighted by atomic mass is 16.1. The summed E-state index contributed by atoms with van der Waals surface area (Å²) in [6.07, 6.45) is 3.53. The van der Waals surface area contributed by atoms with Crippen LogP contribution in [0.1, 0.15) is 16.2 Å². The lowest BCUT2D eigenvalue weighted by Gasteiger charge is -2.06. The monoisotopic (exact) mass is 245 g/mol. The van der Waals surface area contributed by atoms with E-state index in [1.165, 1.54) is 0 Å². The third-order valence-corrected chi connectivity index (χ3v) is 2.64. The third kappa shape index (κ3) is 2.67. The number of anilines is 1. The molecule has 2 rings (SSSR count). The molecule has 0 saturated carbocycles. The van der Waals surface area contributed by atoms with E-state index in [2.05, 4.69) is 15.7 Å². The van der Waals surface area contributed by atoms with Crippen molar-refractivity contribution >= 4 is 11.6 Å². The Morgan fingerprint density at radius 2 is 2.11 bits per heavy atom. The van der Waals surface area contributed by atoms with E-state index in [0.717, 1.165) is 11.5 Å². The van der Waals surface area contributed by atoms with E-state index >= 15 is 0 Å². The highest BCUT2D eigenvalue weighted by Gasteiger charge is 2.06. The molecule has 1 aromatic carbocycles. The molecule has 0 aliphatic rings. The van der Waals surface area contributed by atoms with E-state index in [0.29, 0.717) is 12.1 Å².